The summed E-state index contributed by atoms with van der Waals surface area (Å²) in [5.74, 6) is -0.331. The van der Waals surface area contributed by atoms with Gasteiger partial charge in [0.05, 0.1) is 18.7 Å². The van der Waals surface area contributed by atoms with E-state index in [0.29, 0.717) is 12.3 Å². The van der Waals surface area contributed by atoms with E-state index >= 15 is 0 Å². The quantitative estimate of drug-likeness (QED) is 0.429. The predicted octanol–water partition coefficient (Wildman–Crippen LogP) is 1.39. The molecular formula is C11H14N2O3. The maximum atomic E-state index is 11.3. The molecule has 0 saturated carbocycles. The Labute approximate surface area is 94.1 Å². The molecular weight excluding hydrogens is 208 g/mol. The molecule has 5 nitrogen and oxygen atoms in total. The van der Waals surface area contributed by atoms with Crippen molar-refractivity contribution in [3.05, 3.63) is 30.1 Å². The highest BCUT2D eigenvalue weighted by Crippen LogP contribution is 2.04. The van der Waals surface area contributed by atoms with Crippen LogP contribution in [0.15, 0.2) is 29.7 Å². The standard InChI is InChI=1S/C11H14N2O3/c1-3-16-11(14)7-10(13-15-2)9-5-4-6-12-8-9/h4-6,8H,3,7H2,1-2H3/b13-10-. The molecule has 5 heteroatoms. The Morgan fingerprint density at radius 3 is 2.94 bits per heavy atom. The summed E-state index contributed by atoms with van der Waals surface area (Å²) in [5.41, 5.74) is 1.26. The van der Waals surface area contributed by atoms with Gasteiger partial charge in [-0.1, -0.05) is 5.16 Å². The Morgan fingerprint density at radius 2 is 2.38 bits per heavy atom. The van der Waals surface area contributed by atoms with Crippen LogP contribution in [0.25, 0.3) is 0 Å². The predicted molar refractivity (Wildman–Crippen MR) is 59.0 cm³/mol. The molecule has 16 heavy (non-hydrogen) atoms. The molecule has 0 bridgehead atoms. The van der Waals surface area contributed by atoms with Crippen LogP contribution in [0.3, 0.4) is 0 Å². The van der Waals surface area contributed by atoms with Gasteiger partial charge < -0.3 is 9.57 Å². The van der Waals surface area contributed by atoms with E-state index in [2.05, 4.69) is 15.0 Å². The average Bonchev–Trinajstić information content (AvgIpc) is 2.30. The van der Waals surface area contributed by atoms with Crippen molar-refractivity contribution in [2.75, 3.05) is 13.7 Å². The smallest absolute Gasteiger partial charge is 0.312 e. The third-order valence-corrected chi connectivity index (χ3v) is 1.81. The molecule has 86 valence electrons. The monoisotopic (exact) mass is 222 g/mol. The van der Waals surface area contributed by atoms with E-state index in [4.69, 9.17) is 4.74 Å². The molecule has 0 fully saturated rings. The molecule has 0 aliphatic rings. The number of esters is 1. The van der Waals surface area contributed by atoms with Crippen LogP contribution in [0.1, 0.15) is 18.9 Å². The highest BCUT2D eigenvalue weighted by Gasteiger charge is 2.11. The van der Waals surface area contributed by atoms with E-state index in [0.717, 1.165) is 5.56 Å². The number of aromatic nitrogens is 1. The zero-order chi connectivity index (χ0) is 11.8. The SMILES string of the molecule is CCOC(=O)C/C(=N/OC)c1cccnc1. The van der Waals surface area contributed by atoms with Gasteiger partial charge >= 0.3 is 5.97 Å². The van der Waals surface area contributed by atoms with Gasteiger partial charge in [0.1, 0.15) is 7.11 Å². The molecule has 0 N–H and O–H groups in total. The molecule has 1 heterocycles. The minimum atomic E-state index is -0.331. The fourth-order valence-corrected chi connectivity index (χ4v) is 1.18. The molecule has 0 amide bonds. The number of ether oxygens (including phenoxy) is 1. The van der Waals surface area contributed by atoms with E-state index in [-0.39, 0.29) is 12.4 Å². The van der Waals surface area contributed by atoms with Gasteiger partial charge in [0, 0.05) is 18.0 Å². The number of oxime groups is 1. The number of pyridine rings is 1. The lowest BCUT2D eigenvalue weighted by Crippen LogP contribution is -2.12. The van der Waals surface area contributed by atoms with Crippen LogP contribution in [0, 0.1) is 0 Å². The van der Waals surface area contributed by atoms with Gasteiger partial charge in [-0.15, -0.1) is 0 Å². The molecule has 1 aromatic heterocycles. The second-order valence-electron chi connectivity index (χ2n) is 2.94. The lowest BCUT2D eigenvalue weighted by Gasteiger charge is -2.04. The number of nitrogens with zero attached hydrogens (tertiary/aromatic N) is 2. The molecule has 0 saturated heterocycles. The second kappa shape index (κ2) is 6.55. The topological polar surface area (TPSA) is 60.8 Å². The first-order chi connectivity index (χ1) is 7.77. The van der Waals surface area contributed by atoms with Crippen LogP contribution < -0.4 is 0 Å². The minimum absolute atomic E-state index is 0.0768. The van der Waals surface area contributed by atoms with Gasteiger partial charge in [0.25, 0.3) is 0 Å². The summed E-state index contributed by atoms with van der Waals surface area (Å²) in [6.07, 6.45) is 3.35. The largest absolute Gasteiger partial charge is 0.466 e. The first-order valence-electron chi connectivity index (χ1n) is 4.94. The van der Waals surface area contributed by atoms with Gasteiger partial charge in [-0.3, -0.25) is 9.78 Å². The Kier molecular flexibility index (Phi) is 4.98. The summed E-state index contributed by atoms with van der Waals surface area (Å²) in [6, 6.07) is 3.58. The summed E-state index contributed by atoms with van der Waals surface area (Å²) in [7, 11) is 1.43. The Morgan fingerprint density at radius 1 is 1.56 bits per heavy atom. The van der Waals surface area contributed by atoms with Gasteiger partial charge in [-0.05, 0) is 19.1 Å². The minimum Gasteiger partial charge on any atom is -0.466 e. The van der Waals surface area contributed by atoms with Gasteiger partial charge in [-0.25, -0.2) is 0 Å². The fourth-order valence-electron chi connectivity index (χ4n) is 1.18. The molecule has 1 aromatic rings. The summed E-state index contributed by atoms with van der Waals surface area (Å²) < 4.78 is 4.84. The van der Waals surface area contributed by atoms with Crippen LogP contribution in [0.2, 0.25) is 0 Å². The number of hydrogen-bond acceptors (Lipinski definition) is 5. The first kappa shape index (κ1) is 12.2. The van der Waals surface area contributed by atoms with Gasteiger partial charge in [0.2, 0.25) is 0 Å². The summed E-state index contributed by atoms with van der Waals surface area (Å²) in [5, 5.41) is 3.79. The Bertz CT molecular complexity index is 363. The number of carbonyl (C=O) groups is 1. The van der Waals surface area contributed by atoms with E-state index < -0.39 is 0 Å². The van der Waals surface area contributed by atoms with Crippen molar-refractivity contribution >= 4 is 11.7 Å². The van der Waals surface area contributed by atoms with Crippen molar-refractivity contribution in [1.82, 2.24) is 4.98 Å². The van der Waals surface area contributed by atoms with Crippen molar-refractivity contribution in [3.63, 3.8) is 0 Å². The van der Waals surface area contributed by atoms with Crippen LogP contribution in [-0.2, 0) is 14.4 Å². The zero-order valence-corrected chi connectivity index (χ0v) is 9.34. The van der Waals surface area contributed by atoms with Crippen molar-refractivity contribution in [3.8, 4) is 0 Å². The average molecular weight is 222 g/mol. The summed E-state index contributed by atoms with van der Waals surface area (Å²) >= 11 is 0. The van der Waals surface area contributed by atoms with E-state index in [9.17, 15) is 4.79 Å². The third-order valence-electron chi connectivity index (χ3n) is 1.81. The van der Waals surface area contributed by atoms with Crippen LogP contribution in [-0.4, -0.2) is 30.4 Å². The van der Waals surface area contributed by atoms with Crippen molar-refractivity contribution in [1.29, 1.82) is 0 Å². The third kappa shape index (κ3) is 3.68. The normalized spacial score (nSPS) is 11.0. The Hall–Kier alpha value is -1.91. The highest BCUT2D eigenvalue weighted by atomic mass is 16.6. The van der Waals surface area contributed by atoms with Gasteiger partial charge in [-0.2, -0.15) is 0 Å². The number of rotatable bonds is 5. The molecule has 0 aliphatic carbocycles. The maximum Gasteiger partial charge on any atom is 0.312 e. The lowest BCUT2D eigenvalue weighted by atomic mass is 10.1. The van der Waals surface area contributed by atoms with Crippen LogP contribution >= 0.6 is 0 Å². The second-order valence-corrected chi connectivity index (χ2v) is 2.94. The maximum absolute atomic E-state index is 11.3. The molecule has 0 aromatic carbocycles. The summed E-state index contributed by atoms with van der Waals surface area (Å²) in [6.45, 7) is 2.11. The van der Waals surface area contributed by atoms with E-state index in [1.165, 1.54) is 7.11 Å². The molecule has 0 atom stereocenters. The lowest BCUT2D eigenvalue weighted by molar-refractivity contribution is -0.141. The Balaban J connectivity index is 2.77. The van der Waals surface area contributed by atoms with Crippen molar-refractivity contribution in [2.24, 2.45) is 5.16 Å². The van der Waals surface area contributed by atoms with Crippen molar-refractivity contribution in [2.45, 2.75) is 13.3 Å². The van der Waals surface area contributed by atoms with Gasteiger partial charge in [0.15, 0.2) is 0 Å². The molecule has 0 unspecified atom stereocenters. The molecule has 0 radical (unpaired) electrons. The van der Waals surface area contributed by atoms with Crippen molar-refractivity contribution < 1.29 is 14.4 Å². The first-order valence-corrected chi connectivity index (χ1v) is 4.94. The zero-order valence-electron chi connectivity index (χ0n) is 9.34. The highest BCUT2D eigenvalue weighted by molar-refractivity contribution is 6.08. The van der Waals surface area contributed by atoms with E-state index in [1.54, 1.807) is 25.4 Å². The number of hydrogen-bond donors (Lipinski definition) is 0. The number of carbonyl (C=O) groups excluding carboxylic acids is 1. The summed E-state index contributed by atoms with van der Waals surface area (Å²) in [4.78, 5) is 20.0. The van der Waals surface area contributed by atoms with E-state index in [1.807, 2.05) is 6.07 Å². The van der Waals surface area contributed by atoms with Crippen LogP contribution in [0.4, 0.5) is 0 Å². The van der Waals surface area contributed by atoms with Crippen LogP contribution in [0.5, 0.6) is 0 Å². The molecule has 0 spiro atoms. The molecule has 0 aliphatic heterocycles. The fraction of sp³-hybridized carbons (Fsp3) is 0.364. The molecule has 1 rings (SSSR count).